The Labute approximate surface area is 376 Å². The van der Waals surface area contributed by atoms with E-state index in [1.165, 1.54) is 5.57 Å². The molecular weight excluding hydrogens is 823 g/mol. The minimum absolute atomic E-state index is 0.00629. The number of aromatic nitrogens is 2. The Morgan fingerprint density at radius 2 is 1.78 bits per heavy atom. The van der Waals surface area contributed by atoms with E-state index >= 15 is 0 Å². The molecule has 12 N–H and O–H groups in total. The van der Waals surface area contributed by atoms with Crippen molar-refractivity contribution in [3.8, 4) is 0 Å². The molecule has 1 amide bonds. The first-order valence-electron chi connectivity index (χ1n) is 24.1. The molecule has 4 heterocycles. The summed E-state index contributed by atoms with van der Waals surface area (Å²) in [6.45, 7) is 11.3. The molecule has 9 rings (SSSR count). The average molecular weight is 898 g/mol. The molecule has 5 aliphatic carbocycles. The second kappa shape index (κ2) is 16.1. The number of imidazole rings is 1. The van der Waals surface area contributed by atoms with Crippen LogP contribution in [0.1, 0.15) is 117 Å². The third-order valence-corrected chi connectivity index (χ3v) is 20.5. The molecule has 20 atom stereocenters. The summed E-state index contributed by atoms with van der Waals surface area (Å²) >= 11 is 0. The van der Waals surface area contributed by atoms with E-state index in [0.717, 1.165) is 12.1 Å². The van der Waals surface area contributed by atoms with Crippen LogP contribution >= 0.6 is 0 Å². The van der Waals surface area contributed by atoms with Crippen molar-refractivity contribution >= 4 is 11.9 Å². The van der Waals surface area contributed by atoms with Crippen LogP contribution in [0.5, 0.6) is 0 Å². The first-order valence-corrected chi connectivity index (χ1v) is 24.1. The van der Waals surface area contributed by atoms with Crippen molar-refractivity contribution in [2.24, 2.45) is 67.3 Å². The van der Waals surface area contributed by atoms with Gasteiger partial charge in [-0.1, -0.05) is 46.3 Å². The second-order valence-corrected chi connectivity index (χ2v) is 23.2. The number of aromatic amines is 1. The molecule has 64 heavy (non-hydrogen) atoms. The lowest BCUT2D eigenvalue weighted by Gasteiger charge is -2.80. The number of aliphatic carboxylic acids is 1. The number of carboxylic acid groups (broad SMARTS) is 1. The van der Waals surface area contributed by atoms with Crippen molar-refractivity contribution in [3.05, 3.63) is 29.9 Å². The summed E-state index contributed by atoms with van der Waals surface area (Å²) in [6.07, 6.45) is 3.91. The summed E-state index contributed by atoms with van der Waals surface area (Å²) in [5, 5.41) is 86.8. The number of nitrogens with zero attached hydrogens (tertiary/aromatic N) is 1. The van der Waals surface area contributed by atoms with E-state index < -0.39 is 80.7 Å². The van der Waals surface area contributed by atoms with E-state index in [9.17, 15) is 45.3 Å². The maximum absolute atomic E-state index is 13.8. The van der Waals surface area contributed by atoms with Crippen molar-refractivity contribution in [2.45, 2.75) is 160 Å². The second-order valence-electron chi connectivity index (χ2n) is 23.2. The van der Waals surface area contributed by atoms with Gasteiger partial charge in [0.2, 0.25) is 5.91 Å². The zero-order valence-electron chi connectivity index (χ0n) is 38.3. The number of H-pyrrole nitrogens is 1. The lowest BCUT2D eigenvalue weighted by Crippen LogP contribution is -2.84. The van der Waals surface area contributed by atoms with Crippen LogP contribution in [0.15, 0.2) is 24.2 Å². The zero-order valence-corrected chi connectivity index (χ0v) is 38.3. The van der Waals surface area contributed by atoms with Gasteiger partial charge in [-0.15, -0.1) is 0 Å². The predicted octanol–water partition coefficient (Wildman–Crippen LogP) is 1.93. The van der Waals surface area contributed by atoms with Gasteiger partial charge in [0, 0.05) is 60.3 Å². The summed E-state index contributed by atoms with van der Waals surface area (Å²) in [5.41, 5.74) is 3.16. The highest BCUT2D eigenvalue weighted by Gasteiger charge is 2.80. The minimum Gasteiger partial charge on any atom is -0.481 e. The van der Waals surface area contributed by atoms with E-state index in [0.29, 0.717) is 70.9 Å². The maximum atomic E-state index is 13.8. The van der Waals surface area contributed by atoms with Crippen LogP contribution in [0.4, 0.5) is 0 Å². The number of nitrogens with two attached hydrogens (primary N) is 1. The quantitative estimate of drug-likeness (QED) is 0.106. The highest BCUT2D eigenvalue weighted by atomic mass is 16.7. The van der Waals surface area contributed by atoms with Gasteiger partial charge in [0.15, 0.2) is 6.29 Å². The van der Waals surface area contributed by atoms with Crippen LogP contribution in [-0.2, 0) is 19.1 Å². The fourth-order valence-electron chi connectivity index (χ4n) is 16.8. The van der Waals surface area contributed by atoms with Crippen molar-refractivity contribution in [2.75, 3.05) is 32.9 Å². The van der Waals surface area contributed by atoms with Crippen molar-refractivity contribution in [1.29, 1.82) is 0 Å². The maximum Gasteiger partial charge on any atom is 0.310 e. The third-order valence-electron chi connectivity index (χ3n) is 20.5. The number of ether oxygens (including phenoxy) is 2. The standard InChI is InChI=1S/C48H75N5O11/c1-42(22-54)10-12-47(41(61)62)13-11-44(3)27(28(47)17-42)8-9-32-45(44,4)18-29-37-43(2,23-55)39(64-40-36(59)35(58)31(56)20-63-40)38(60)48(21-51-29,46(32,37)5)16-25-15-33(57)53-34(25)26(7-6-14-49)30-19-50-24-52-30/h8,19,24-26,28-29,31-32,34-40,51,54-56,58-60H,6-7,9-18,20-23,49H2,1-5H3,(H,50,52)(H,53,57)(H,61,62). The largest absolute Gasteiger partial charge is 0.481 e. The first-order chi connectivity index (χ1) is 30.2. The van der Waals surface area contributed by atoms with Gasteiger partial charge in [0.25, 0.3) is 0 Å². The Bertz CT molecular complexity index is 1970. The fourth-order valence-corrected chi connectivity index (χ4v) is 16.8. The van der Waals surface area contributed by atoms with Gasteiger partial charge in [0.05, 0.1) is 37.2 Å². The number of carbonyl (C=O) groups is 2. The third kappa shape index (κ3) is 6.32. The lowest BCUT2D eigenvalue weighted by molar-refractivity contribution is -0.370. The van der Waals surface area contributed by atoms with Gasteiger partial charge in [0.1, 0.15) is 18.3 Å². The number of amides is 1. The number of carbonyl (C=O) groups excluding carboxylic acids is 1. The van der Waals surface area contributed by atoms with Gasteiger partial charge >= 0.3 is 5.97 Å². The van der Waals surface area contributed by atoms with Gasteiger partial charge < -0.3 is 66.6 Å². The number of hydrogen-bond acceptors (Lipinski definition) is 13. The number of piperidine rings is 1. The predicted molar refractivity (Wildman–Crippen MR) is 233 cm³/mol. The number of hydrogen-bond donors (Lipinski definition) is 11. The molecule has 20 unspecified atom stereocenters. The van der Waals surface area contributed by atoms with Crippen molar-refractivity contribution in [3.63, 3.8) is 0 Å². The summed E-state index contributed by atoms with van der Waals surface area (Å²) < 4.78 is 12.6. The van der Waals surface area contributed by atoms with E-state index in [2.05, 4.69) is 54.4 Å². The molecular formula is C48H75N5O11. The molecule has 0 aromatic carbocycles. The van der Waals surface area contributed by atoms with E-state index in [-0.39, 0.29) is 73.8 Å². The Hall–Kier alpha value is -2.51. The summed E-state index contributed by atoms with van der Waals surface area (Å²) in [5.74, 6) is -1.83. The van der Waals surface area contributed by atoms with Crippen LogP contribution in [0.3, 0.4) is 0 Å². The van der Waals surface area contributed by atoms with Crippen LogP contribution in [0.25, 0.3) is 0 Å². The minimum atomic E-state index is -1.62. The molecule has 358 valence electrons. The highest BCUT2D eigenvalue weighted by molar-refractivity contribution is 5.79. The molecule has 4 saturated carbocycles. The molecule has 16 heteroatoms. The zero-order chi connectivity index (χ0) is 46.0. The van der Waals surface area contributed by atoms with Crippen LogP contribution in [-0.4, -0.2) is 139 Å². The molecule has 1 aromatic heterocycles. The molecule has 16 nitrogen and oxygen atoms in total. The van der Waals surface area contributed by atoms with Gasteiger partial charge in [-0.25, -0.2) is 4.98 Å². The Morgan fingerprint density at radius 3 is 2.45 bits per heavy atom. The number of rotatable bonds is 12. The Kier molecular flexibility index (Phi) is 11.7. The molecule has 1 aromatic rings. The average Bonchev–Trinajstić information content (AvgIpc) is 3.93. The number of carboxylic acids is 1. The molecule has 0 radical (unpaired) electrons. The van der Waals surface area contributed by atoms with Gasteiger partial charge in [-0.3, -0.25) is 9.59 Å². The lowest BCUT2D eigenvalue weighted by atomic mass is 9.27. The number of nitrogens with one attached hydrogen (secondary N) is 3. The first kappa shape index (κ1) is 46.6. The summed E-state index contributed by atoms with van der Waals surface area (Å²) in [6, 6.07) is -0.496. The number of aliphatic hydroxyl groups excluding tert-OH is 6. The SMILES string of the molecule is CC1(CO)CCC2(C(=O)O)CCC3(C)C(=CCC4C3(C)CC3NCC5(CC6CC(=O)NC6C(CCCN)c6cnc[nH]6)C(O)C(OC6OCC(O)C(O)C6O)C(C)(CO)C3C45C)C2C1. The number of aliphatic hydroxyl groups is 6. The van der Waals surface area contributed by atoms with Gasteiger partial charge in [-0.05, 0) is 116 Å². The van der Waals surface area contributed by atoms with Crippen LogP contribution in [0.2, 0.25) is 0 Å². The Morgan fingerprint density at radius 1 is 1.03 bits per heavy atom. The van der Waals surface area contributed by atoms with E-state index in [1.54, 1.807) is 12.5 Å². The van der Waals surface area contributed by atoms with Crippen molar-refractivity contribution in [1.82, 2.24) is 20.6 Å². The van der Waals surface area contributed by atoms with E-state index in [4.69, 9.17) is 15.2 Å². The number of fused-ring (bicyclic) bond motifs is 5. The smallest absolute Gasteiger partial charge is 0.310 e. The molecule has 8 aliphatic rings. The molecule has 7 fully saturated rings. The van der Waals surface area contributed by atoms with Crippen LogP contribution in [0, 0.1) is 61.6 Å². The monoisotopic (exact) mass is 898 g/mol. The Balaban J connectivity index is 1.19. The number of allylic oxidation sites excluding steroid dienone is 2. The van der Waals surface area contributed by atoms with Crippen LogP contribution < -0.4 is 16.4 Å². The fraction of sp³-hybridized carbons (Fsp3) is 0.854. The van der Waals surface area contributed by atoms with E-state index in [1.807, 2.05) is 6.92 Å². The summed E-state index contributed by atoms with van der Waals surface area (Å²) in [4.78, 5) is 34.8. The van der Waals surface area contributed by atoms with Crippen molar-refractivity contribution < 1.29 is 54.8 Å². The molecule has 4 bridgehead atoms. The van der Waals surface area contributed by atoms with Gasteiger partial charge in [-0.2, -0.15) is 0 Å². The molecule has 0 spiro atoms. The molecule has 3 saturated heterocycles. The highest BCUT2D eigenvalue weighted by Crippen LogP contribution is 2.80. The normalized spacial score (nSPS) is 51.2. The molecule has 3 aliphatic heterocycles. The summed E-state index contributed by atoms with van der Waals surface area (Å²) in [7, 11) is 0. The topological polar surface area (TPSA) is 273 Å².